The van der Waals surface area contributed by atoms with E-state index in [9.17, 15) is 0 Å². The number of hydrogen-bond acceptors (Lipinski definition) is 3. The second-order valence-corrected chi connectivity index (χ2v) is 8.08. The molecule has 1 aromatic carbocycles. The van der Waals surface area contributed by atoms with E-state index in [1.54, 1.807) is 26.2 Å². The molecule has 1 saturated heterocycles. The summed E-state index contributed by atoms with van der Waals surface area (Å²) in [5.41, 5.74) is 1.25. The van der Waals surface area contributed by atoms with Crippen LogP contribution < -0.4 is 24.0 Å². The van der Waals surface area contributed by atoms with E-state index >= 15 is 0 Å². The Labute approximate surface area is 158 Å². The standard InChI is InChI=1S/C21H34N2O3/c1-16-5-7-18(8-6-16)23-11-9-22(10-12-23)15-17-13-19(24-2)21(26-4)20(14-17)25-3/h13-14,16,18H,5-12,15H2,1-4H3/p+2. The molecule has 146 valence electrons. The summed E-state index contributed by atoms with van der Waals surface area (Å²) in [5, 5.41) is 0. The Morgan fingerprint density at radius 3 is 1.92 bits per heavy atom. The van der Waals surface area contributed by atoms with Crippen molar-refractivity contribution in [2.75, 3.05) is 47.5 Å². The summed E-state index contributed by atoms with van der Waals surface area (Å²) < 4.78 is 16.4. The highest BCUT2D eigenvalue weighted by Gasteiger charge is 2.32. The molecule has 3 rings (SSSR count). The zero-order valence-electron chi connectivity index (χ0n) is 16.9. The first-order valence-corrected chi connectivity index (χ1v) is 10.1. The largest absolute Gasteiger partial charge is 0.493 e. The van der Waals surface area contributed by atoms with Gasteiger partial charge in [0.1, 0.15) is 32.7 Å². The van der Waals surface area contributed by atoms with Crippen LogP contribution >= 0.6 is 0 Å². The highest BCUT2D eigenvalue weighted by Crippen LogP contribution is 2.37. The van der Waals surface area contributed by atoms with Gasteiger partial charge in [-0.3, -0.25) is 0 Å². The SMILES string of the molecule is COc1cc(C[NH+]2CC[NH+](C3CCC(C)CC3)CC2)cc(OC)c1OC. The lowest BCUT2D eigenvalue weighted by atomic mass is 9.86. The monoisotopic (exact) mass is 364 g/mol. The molecule has 2 aliphatic rings. The fraction of sp³-hybridized carbons (Fsp3) is 0.714. The van der Waals surface area contributed by atoms with Gasteiger partial charge in [0.2, 0.25) is 5.75 Å². The maximum Gasteiger partial charge on any atom is 0.203 e. The minimum atomic E-state index is 0.676. The van der Waals surface area contributed by atoms with E-state index < -0.39 is 0 Å². The van der Waals surface area contributed by atoms with Gasteiger partial charge in [-0.1, -0.05) is 6.92 Å². The summed E-state index contributed by atoms with van der Waals surface area (Å²) >= 11 is 0. The van der Waals surface area contributed by atoms with Gasteiger partial charge in [0, 0.05) is 5.56 Å². The van der Waals surface area contributed by atoms with Crippen molar-refractivity contribution in [2.24, 2.45) is 5.92 Å². The predicted molar refractivity (Wildman–Crippen MR) is 103 cm³/mol. The Kier molecular flexibility index (Phi) is 6.65. The number of rotatable bonds is 6. The number of methoxy groups -OCH3 is 3. The van der Waals surface area contributed by atoms with Crippen LogP contribution in [0, 0.1) is 5.92 Å². The molecule has 0 amide bonds. The van der Waals surface area contributed by atoms with Crippen LogP contribution in [0.1, 0.15) is 38.2 Å². The van der Waals surface area contributed by atoms with Crippen molar-refractivity contribution in [1.29, 1.82) is 0 Å². The average Bonchev–Trinajstić information content (AvgIpc) is 2.68. The molecule has 1 heterocycles. The molecule has 0 bridgehead atoms. The quantitative estimate of drug-likeness (QED) is 0.775. The third-order valence-electron chi connectivity index (χ3n) is 6.37. The topological polar surface area (TPSA) is 36.6 Å². The van der Waals surface area contributed by atoms with Gasteiger partial charge in [-0.2, -0.15) is 0 Å². The predicted octanol–water partition coefficient (Wildman–Crippen LogP) is 0.575. The van der Waals surface area contributed by atoms with Gasteiger partial charge in [-0.25, -0.2) is 0 Å². The zero-order valence-corrected chi connectivity index (χ0v) is 16.9. The summed E-state index contributed by atoms with van der Waals surface area (Å²) in [6.07, 6.45) is 5.71. The third kappa shape index (κ3) is 4.44. The van der Waals surface area contributed by atoms with Crippen LogP contribution in [0.3, 0.4) is 0 Å². The average molecular weight is 365 g/mol. The fourth-order valence-corrected chi connectivity index (χ4v) is 4.70. The van der Waals surface area contributed by atoms with Crippen molar-refractivity contribution in [3.63, 3.8) is 0 Å². The van der Waals surface area contributed by atoms with Gasteiger partial charge < -0.3 is 24.0 Å². The Morgan fingerprint density at radius 2 is 1.42 bits per heavy atom. The molecule has 2 N–H and O–H groups in total. The highest BCUT2D eigenvalue weighted by molar-refractivity contribution is 5.53. The summed E-state index contributed by atoms with van der Waals surface area (Å²) in [7, 11) is 5.02. The summed E-state index contributed by atoms with van der Waals surface area (Å²) in [6, 6.07) is 5.10. The van der Waals surface area contributed by atoms with Crippen molar-refractivity contribution in [2.45, 2.75) is 45.2 Å². The van der Waals surface area contributed by atoms with E-state index in [2.05, 4.69) is 19.1 Å². The molecule has 0 spiro atoms. The first-order valence-electron chi connectivity index (χ1n) is 10.1. The van der Waals surface area contributed by atoms with Gasteiger partial charge in [-0.15, -0.1) is 0 Å². The number of benzene rings is 1. The first kappa shape index (κ1) is 19.3. The Hall–Kier alpha value is -1.46. The lowest BCUT2D eigenvalue weighted by Crippen LogP contribution is -3.29. The first-order chi connectivity index (χ1) is 12.6. The van der Waals surface area contributed by atoms with Crippen LogP contribution in [0.15, 0.2) is 12.1 Å². The van der Waals surface area contributed by atoms with E-state index in [-0.39, 0.29) is 0 Å². The van der Waals surface area contributed by atoms with Gasteiger partial charge in [0.05, 0.1) is 27.4 Å². The van der Waals surface area contributed by atoms with E-state index in [1.807, 2.05) is 4.90 Å². The van der Waals surface area contributed by atoms with E-state index in [0.717, 1.165) is 30.0 Å². The molecule has 0 aromatic heterocycles. The molecule has 26 heavy (non-hydrogen) atoms. The summed E-state index contributed by atoms with van der Waals surface area (Å²) in [6.45, 7) is 8.53. The molecule has 2 fully saturated rings. The third-order valence-corrected chi connectivity index (χ3v) is 6.37. The molecular weight excluding hydrogens is 328 g/mol. The Balaban J connectivity index is 1.57. The van der Waals surface area contributed by atoms with Crippen LogP contribution in [0.5, 0.6) is 17.2 Å². The zero-order chi connectivity index (χ0) is 18.5. The number of nitrogens with one attached hydrogen (secondary N) is 2. The second kappa shape index (κ2) is 8.96. The van der Waals surface area contributed by atoms with Crippen molar-refractivity contribution in [3.05, 3.63) is 17.7 Å². The van der Waals surface area contributed by atoms with Crippen LogP contribution in [0.2, 0.25) is 0 Å². The maximum atomic E-state index is 5.50. The fourth-order valence-electron chi connectivity index (χ4n) is 4.70. The lowest BCUT2D eigenvalue weighted by molar-refractivity contribution is -1.03. The number of hydrogen-bond donors (Lipinski definition) is 2. The number of piperazine rings is 1. The summed E-state index contributed by atoms with van der Waals surface area (Å²) in [5.74, 6) is 3.12. The van der Waals surface area contributed by atoms with Crippen LogP contribution in [-0.4, -0.2) is 53.6 Å². The molecule has 1 saturated carbocycles. The molecule has 0 radical (unpaired) electrons. The van der Waals surface area contributed by atoms with Crippen LogP contribution in [0.4, 0.5) is 0 Å². The maximum absolute atomic E-state index is 5.50. The van der Waals surface area contributed by atoms with Gasteiger partial charge >= 0.3 is 0 Å². The molecule has 1 aromatic rings. The smallest absolute Gasteiger partial charge is 0.203 e. The highest BCUT2D eigenvalue weighted by atomic mass is 16.5. The molecule has 5 nitrogen and oxygen atoms in total. The van der Waals surface area contributed by atoms with Gasteiger partial charge in [0.15, 0.2) is 11.5 Å². The second-order valence-electron chi connectivity index (χ2n) is 8.08. The van der Waals surface area contributed by atoms with Crippen molar-refractivity contribution < 1.29 is 24.0 Å². The molecule has 0 atom stereocenters. The number of ether oxygens (including phenoxy) is 3. The van der Waals surface area contributed by atoms with Crippen LogP contribution in [0.25, 0.3) is 0 Å². The van der Waals surface area contributed by atoms with Crippen molar-refractivity contribution >= 4 is 0 Å². The van der Waals surface area contributed by atoms with Crippen molar-refractivity contribution in [3.8, 4) is 17.2 Å². The minimum Gasteiger partial charge on any atom is -0.493 e. The normalized spacial score (nSPS) is 29.2. The molecule has 0 unspecified atom stereocenters. The van der Waals surface area contributed by atoms with Gasteiger partial charge in [-0.05, 0) is 43.7 Å². The van der Waals surface area contributed by atoms with E-state index in [4.69, 9.17) is 14.2 Å². The lowest BCUT2D eigenvalue weighted by Gasteiger charge is -2.37. The van der Waals surface area contributed by atoms with E-state index in [0.29, 0.717) is 5.75 Å². The van der Waals surface area contributed by atoms with Crippen LogP contribution in [-0.2, 0) is 6.54 Å². The Morgan fingerprint density at radius 1 is 0.846 bits per heavy atom. The van der Waals surface area contributed by atoms with E-state index in [1.165, 1.54) is 57.4 Å². The minimum absolute atomic E-state index is 0.676. The number of quaternary nitrogens is 2. The molecular formula is C21H36N2O3+2. The molecule has 5 heteroatoms. The van der Waals surface area contributed by atoms with Gasteiger partial charge in [0.25, 0.3) is 0 Å². The van der Waals surface area contributed by atoms with Crippen molar-refractivity contribution in [1.82, 2.24) is 0 Å². The molecule has 1 aliphatic carbocycles. The Bertz CT molecular complexity index is 552. The summed E-state index contributed by atoms with van der Waals surface area (Å²) in [4.78, 5) is 3.51. The molecule has 1 aliphatic heterocycles.